The van der Waals surface area contributed by atoms with Gasteiger partial charge in [-0.05, 0) is 52.8 Å². The Morgan fingerprint density at radius 2 is 1.91 bits per heavy atom. The number of carbonyl (C=O) groups excluding carboxylic acids is 1. The molecule has 11 heteroatoms. The number of amides is 1. The molecule has 0 aliphatic carbocycles. The number of nitrogen functional groups attached to an aromatic ring is 1. The zero-order valence-electron chi connectivity index (χ0n) is 19.2. The summed E-state index contributed by atoms with van der Waals surface area (Å²) < 4.78 is 6.11. The van der Waals surface area contributed by atoms with Gasteiger partial charge >= 0.3 is 0 Å². The molecule has 33 heavy (non-hydrogen) atoms. The number of benzene rings is 1. The molecule has 1 saturated heterocycles. The summed E-state index contributed by atoms with van der Waals surface area (Å²) in [6.45, 7) is 8.82. The highest BCUT2D eigenvalue weighted by Crippen LogP contribution is 2.22. The van der Waals surface area contributed by atoms with Crippen LogP contribution in [0.3, 0.4) is 0 Å². The van der Waals surface area contributed by atoms with E-state index in [0.29, 0.717) is 12.2 Å². The lowest BCUT2D eigenvalue weighted by molar-refractivity contribution is 0.0947. The molecule has 1 aromatic carbocycles. The van der Waals surface area contributed by atoms with Crippen molar-refractivity contribution in [2.45, 2.75) is 52.0 Å². The third kappa shape index (κ3) is 5.25. The molecule has 1 fully saturated rings. The van der Waals surface area contributed by atoms with Crippen LogP contribution in [0.25, 0.3) is 5.82 Å². The number of carbonyl (C=O) groups is 1. The van der Waals surface area contributed by atoms with Gasteiger partial charge in [0.1, 0.15) is 0 Å². The highest BCUT2D eigenvalue weighted by Gasteiger charge is 2.26. The van der Waals surface area contributed by atoms with E-state index in [0.717, 1.165) is 31.5 Å². The van der Waals surface area contributed by atoms with Crippen molar-refractivity contribution in [2.24, 2.45) is 5.10 Å². The number of hydrazone groups is 1. The topological polar surface area (TPSA) is 140 Å². The Bertz CT molecular complexity index is 1120. The van der Waals surface area contributed by atoms with Gasteiger partial charge in [0.05, 0.1) is 11.9 Å². The Balaban J connectivity index is 1.52. The van der Waals surface area contributed by atoms with Crippen molar-refractivity contribution in [3.05, 3.63) is 46.8 Å². The second kappa shape index (κ2) is 9.49. The maximum Gasteiger partial charge on any atom is 0.293 e. The average Bonchev–Trinajstić information content (AvgIpc) is 3.40. The third-order valence-corrected chi connectivity index (χ3v) is 5.65. The number of hydrogen-bond acceptors (Lipinski definition) is 9. The maximum atomic E-state index is 12.9. The monoisotopic (exact) mass is 451 g/mol. The second-order valence-electron chi connectivity index (χ2n) is 9.18. The molecule has 2 aromatic heterocycles. The number of nitrogens with zero attached hydrogens (tertiary/aromatic N) is 7. The molecular formula is C22H29N9O2. The fourth-order valence-electron chi connectivity index (χ4n) is 3.74. The van der Waals surface area contributed by atoms with Crippen molar-refractivity contribution in [3.8, 4) is 5.82 Å². The van der Waals surface area contributed by atoms with Crippen LogP contribution < -0.4 is 11.2 Å². The Labute approximate surface area is 192 Å². The minimum atomic E-state index is -0.467. The summed E-state index contributed by atoms with van der Waals surface area (Å²) in [7, 11) is 0. The molecule has 1 aliphatic rings. The first-order valence-electron chi connectivity index (χ1n) is 11.0. The van der Waals surface area contributed by atoms with Gasteiger partial charge in [0.25, 0.3) is 5.91 Å². The zero-order valence-corrected chi connectivity index (χ0v) is 19.2. The minimum absolute atomic E-state index is 0.0726. The van der Waals surface area contributed by atoms with Crippen molar-refractivity contribution in [2.75, 3.05) is 18.8 Å². The molecule has 0 atom stereocenters. The van der Waals surface area contributed by atoms with Gasteiger partial charge in [0.2, 0.25) is 11.6 Å². The van der Waals surface area contributed by atoms with Crippen LogP contribution in [0.4, 0.5) is 5.82 Å². The molecular weight excluding hydrogens is 422 g/mol. The first kappa shape index (κ1) is 22.6. The summed E-state index contributed by atoms with van der Waals surface area (Å²) in [6.07, 6.45) is 5.01. The molecule has 0 radical (unpaired) electrons. The quantitative estimate of drug-likeness (QED) is 0.430. The van der Waals surface area contributed by atoms with Gasteiger partial charge in [-0.25, -0.2) is 10.1 Å². The van der Waals surface area contributed by atoms with Crippen molar-refractivity contribution in [3.63, 3.8) is 0 Å². The lowest BCUT2D eigenvalue weighted by atomic mass is 9.87. The van der Waals surface area contributed by atoms with Crippen LogP contribution in [0, 0.1) is 0 Å². The molecule has 0 bridgehead atoms. The predicted molar refractivity (Wildman–Crippen MR) is 123 cm³/mol. The lowest BCUT2D eigenvalue weighted by Gasteiger charge is -2.26. The fraction of sp³-hybridized carbons (Fsp3) is 0.455. The highest BCUT2D eigenvalue weighted by molar-refractivity contribution is 5.94. The molecule has 174 valence electrons. The van der Waals surface area contributed by atoms with E-state index < -0.39 is 5.91 Å². The molecule has 0 saturated carbocycles. The molecule has 11 nitrogen and oxygen atoms in total. The van der Waals surface area contributed by atoms with Crippen molar-refractivity contribution >= 4 is 17.9 Å². The molecule has 1 aliphatic heterocycles. The van der Waals surface area contributed by atoms with Crippen molar-refractivity contribution in [1.82, 2.24) is 35.6 Å². The molecule has 3 aromatic rings. The van der Waals surface area contributed by atoms with Crippen LogP contribution in [-0.4, -0.2) is 55.4 Å². The van der Waals surface area contributed by atoms with Crippen LogP contribution in [0.15, 0.2) is 34.0 Å². The van der Waals surface area contributed by atoms with Crippen LogP contribution >= 0.6 is 0 Å². The van der Waals surface area contributed by atoms with E-state index in [1.807, 2.05) is 12.1 Å². The number of likely N-dealkylation sites (tertiary alicyclic amines) is 1. The van der Waals surface area contributed by atoms with Gasteiger partial charge in [0.15, 0.2) is 5.69 Å². The Morgan fingerprint density at radius 1 is 1.18 bits per heavy atom. The van der Waals surface area contributed by atoms with E-state index in [1.54, 1.807) is 6.21 Å². The Morgan fingerprint density at radius 3 is 2.55 bits per heavy atom. The van der Waals surface area contributed by atoms with Gasteiger partial charge in [-0.1, -0.05) is 56.7 Å². The van der Waals surface area contributed by atoms with E-state index in [9.17, 15) is 4.79 Å². The van der Waals surface area contributed by atoms with Gasteiger partial charge in [-0.2, -0.15) is 9.78 Å². The Kier molecular flexibility index (Phi) is 6.50. The van der Waals surface area contributed by atoms with Crippen LogP contribution in [0.1, 0.15) is 67.3 Å². The lowest BCUT2D eigenvalue weighted by Crippen LogP contribution is -2.31. The van der Waals surface area contributed by atoms with E-state index >= 15 is 0 Å². The first-order valence-corrected chi connectivity index (χ1v) is 11.0. The van der Waals surface area contributed by atoms with Crippen LogP contribution in [0.5, 0.6) is 0 Å². The smallest absolute Gasteiger partial charge is 0.293 e. The van der Waals surface area contributed by atoms with Gasteiger partial charge in [-0.15, -0.1) is 5.10 Å². The number of rotatable bonds is 6. The molecule has 4 rings (SSSR count). The summed E-state index contributed by atoms with van der Waals surface area (Å²) in [5.74, 6) is -0.190. The van der Waals surface area contributed by atoms with Crippen LogP contribution in [-0.2, 0) is 12.0 Å². The van der Waals surface area contributed by atoms with Gasteiger partial charge in [0, 0.05) is 6.54 Å². The summed E-state index contributed by atoms with van der Waals surface area (Å²) in [6, 6.07) is 8.05. The summed E-state index contributed by atoms with van der Waals surface area (Å²) in [4.78, 5) is 15.2. The van der Waals surface area contributed by atoms with E-state index in [4.69, 9.17) is 10.4 Å². The predicted octanol–water partition coefficient (Wildman–Crippen LogP) is 2.28. The summed E-state index contributed by atoms with van der Waals surface area (Å²) >= 11 is 0. The molecule has 0 spiro atoms. The maximum absolute atomic E-state index is 12.9. The molecule has 1 amide bonds. The van der Waals surface area contributed by atoms with Gasteiger partial charge < -0.3 is 5.73 Å². The number of hydrogen-bond donors (Lipinski definition) is 2. The highest BCUT2D eigenvalue weighted by atomic mass is 16.6. The summed E-state index contributed by atoms with van der Waals surface area (Å²) in [5, 5.41) is 19.7. The number of nitrogens with one attached hydrogen (secondary N) is 1. The number of anilines is 1. The molecule has 3 heterocycles. The minimum Gasteiger partial charge on any atom is -0.378 e. The standard InChI is InChI=1S/C22H29N9O2/c1-22(2,3)16-9-7-15(8-10-16)13-24-26-21(32)18-17(14-30-11-5-4-6-12-30)31(29-25-18)20-19(23)27-33-28-20/h7-10,13H,4-6,11-12,14H2,1-3H3,(H2,23,27)(H,26,32)/b24-13-. The third-order valence-electron chi connectivity index (χ3n) is 5.65. The zero-order chi connectivity index (χ0) is 23.4. The number of nitrogens with two attached hydrogens (primary N) is 1. The molecule has 0 unspecified atom stereocenters. The Hall–Kier alpha value is -3.60. The van der Waals surface area contributed by atoms with Crippen LogP contribution in [0.2, 0.25) is 0 Å². The van der Waals surface area contributed by atoms with Gasteiger partial charge in [-0.3, -0.25) is 9.69 Å². The first-order chi connectivity index (χ1) is 15.8. The molecule has 3 N–H and O–H groups in total. The van der Waals surface area contributed by atoms with E-state index in [2.05, 4.69) is 69.0 Å². The van der Waals surface area contributed by atoms with Crippen molar-refractivity contribution in [1.29, 1.82) is 0 Å². The van der Waals surface area contributed by atoms with Crippen molar-refractivity contribution < 1.29 is 9.42 Å². The SMILES string of the molecule is CC(C)(C)c1ccc(/C=N\NC(=O)c2nnn(-c3nonc3N)c2CN2CCCCC2)cc1. The normalized spacial score (nSPS) is 15.2. The van der Waals surface area contributed by atoms with E-state index in [1.165, 1.54) is 16.7 Å². The number of piperidine rings is 1. The second-order valence-corrected chi connectivity index (χ2v) is 9.18. The largest absolute Gasteiger partial charge is 0.378 e. The average molecular weight is 452 g/mol. The summed E-state index contributed by atoms with van der Waals surface area (Å²) in [5.41, 5.74) is 11.3. The number of aromatic nitrogens is 5. The fourth-order valence-corrected chi connectivity index (χ4v) is 3.74. The van der Waals surface area contributed by atoms with E-state index in [-0.39, 0.29) is 22.7 Å².